The summed E-state index contributed by atoms with van der Waals surface area (Å²) < 4.78 is 5.61. The highest BCUT2D eigenvalue weighted by Crippen LogP contribution is 2.38. The van der Waals surface area contributed by atoms with E-state index in [9.17, 15) is 0 Å². The number of hydrogen-bond donors (Lipinski definition) is 2. The monoisotopic (exact) mass is 459 g/mol. The number of unbranched alkanes of at least 4 members (excludes halogenated alkanes) is 1. The second-order valence-corrected chi connectivity index (χ2v) is 6.80. The summed E-state index contributed by atoms with van der Waals surface area (Å²) in [5.41, 5.74) is 0.379. The number of likely N-dealkylation sites (tertiary alicyclic amines) is 1. The second-order valence-electron chi connectivity index (χ2n) is 6.80. The summed E-state index contributed by atoms with van der Waals surface area (Å²) in [5.74, 6) is 1.99. The third-order valence-corrected chi connectivity index (χ3v) is 4.99. The van der Waals surface area contributed by atoms with Gasteiger partial charge in [0.25, 0.3) is 0 Å². The van der Waals surface area contributed by atoms with Gasteiger partial charge in [0.05, 0.1) is 6.61 Å². The summed E-state index contributed by atoms with van der Waals surface area (Å²) in [7, 11) is 1.88. The molecular weight excluding hydrogens is 429 g/mol. The van der Waals surface area contributed by atoms with E-state index < -0.39 is 0 Å². The number of pyridine rings is 1. The number of rotatable bonds is 6. The lowest BCUT2D eigenvalue weighted by molar-refractivity contribution is 0.156. The molecule has 6 nitrogen and oxygen atoms in total. The molecule has 0 bridgehead atoms. The van der Waals surface area contributed by atoms with Crippen molar-refractivity contribution < 1.29 is 4.74 Å². The molecule has 1 spiro atoms. The zero-order valence-electron chi connectivity index (χ0n) is 15.0. The Bertz CT molecular complexity index is 534. The minimum Gasteiger partial charge on any atom is -0.381 e. The molecule has 2 aliphatic heterocycles. The number of halogens is 1. The Balaban J connectivity index is 0.00000225. The molecule has 0 saturated carbocycles. The van der Waals surface area contributed by atoms with Crippen LogP contribution in [0.15, 0.2) is 29.4 Å². The molecule has 25 heavy (non-hydrogen) atoms. The number of guanidine groups is 1. The first-order chi connectivity index (χ1) is 11.8. The van der Waals surface area contributed by atoms with Gasteiger partial charge in [0, 0.05) is 51.4 Å². The maximum atomic E-state index is 5.61. The number of nitrogens with zero attached hydrogens (tertiary/aromatic N) is 3. The first-order valence-electron chi connectivity index (χ1n) is 9.00. The minimum atomic E-state index is 0. The van der Waals surface area contributed by atoms with E-state index >= 15 is 0 Å². The topological polar surface area (TPSA) is 61.8 Å². The summed E-state index contributed by atoms with van der Waals surface area (Å²) in [6.07, 6.45) is 6.45. The maximum Gasteiger partial charge on any atom is 0.193 e. The van der Waals surface area contributed by atoms with Crippen molar-refractivity contribution in [1.29, 1.82) is 0 Å². The molecule has 1 aromatic heterocycles. The van der Waals surface area contributed by atoms with E-state index in [0.717, 1.165) is 64.0 Å². The van der Waals surface area contributed by atoms with E-state index in [0.29, 0.717) is 5.41 Å². The molecule has 2 saturated heterocycles. The van der Waals surface area contributed by atoms with Crippen LogP contribution < -0.4 is 10.6 Å². The zero-order valence-corrected chi connectivity index (χ0v) is 17.4. The number of aromatic nitrogens is 1. The quantitative estimate of drug-likeness (QED) is 0.297. The molecule has 0 aliphatic carbocycles. The van der Waals surface area contributed by atoms with Gasteiger partial charge in [0.15, 0.2) is 5.96 Å². The smallest absolute Gasteiger partial charge is 0.193 e. The average molecular weight is 459 g/mol. The first-order valence-corrected chi connectivity index (χ1v) is 9.00. The molecule has 3 rings (SSSR count). The fourth-order valence-electron chi connectivity index (χ4n) is 3.55. The lowest BCUT2D eigenvalue weighted by Gasteiger charge is -2.25. The highest BCUT2D eigenvalue weighted by molar-refractivity contribution is 14.0. The molecule has 1 aromatic rings. The highest BCUT2D eigenvalue weighted by atomic mass is 127. The minimum absolute atomic E-state index is 0. The molecule has 7 heteroatoms. The first kappa shape index (κ1) is 20.2. The Morgan fingerprint density at radius 3 is 2.92 bits per heavy atom. The fourth-order valence-corrected chi connectivity index (χ4v) is 3.55. The highest BCUT2D eigenvalue weighted by Gasteiger charge is 2.42. The molecular formula is C18H30IN5O. The average Bonchev–Trinajstić information content (AvgIpc) is 3.25. The lowest BCUT2D eigenvalue weighted by Crippen LogP contribution is -2.41. The van der Waals surface area contributed by atoms with Crippen LogP contribution in [0.1, 0.15) is 25.7 Å². The molecule has 2 N–H and O–H groups in total. The van der Waals surface area contributed by atoms with Gasteiger partial charge in [-0.25, -0.2) is 4.98 Å². The number of aliphatic imine (C=N–C) groups is 1. The van der Waals surface area contributed by atoms with Crippen molar-refractivity contribution >= 4 is 35.8 Å². The Kier molecular flexibility index (Phi) is 8.21. The van der Waals surface area contributed by atoms with Crippen molar-refractivity contribution in [2.75, 3.05) is 51.8 Å². The van der Waals surface area contributed by atoms with Crippen LogP contribution in [0.4, 0.5) is 5.82 Å². The van der Waals surface area contributed by atoms with Gasteiger partial charge in [-0.15, -0.1) is 24.0 Å². The van der Waals surface area contributed by atoms with Gasteiger partial charge >= 0.3 is 0 Å². The maximum absolute atomic E-state index is 5.61. The van der Waals surface area contributed by atoms with E-state index in [1.807, 2.05) is 31.4 Å². The van der Waals surface area contributed by atoms with E-state index in [-0.39, 0.29) is 24.0 Å². The molecule has 2 fully saturated rings. The lowest BCUT2D eigenvalue weighted by atomic mass is 9.87. The van der Waals surface area contributed by atoms with E-state index in [4.69, 9.17) is 4.74 Å². The summed E-state index contributed by atoms with van der Waals surface area (Å²) >= 11 is 0. The largest absolute Gasteiger partial charge is 0.381 e. The van der Waals surface area contributed by atoms with Gasteiger partial charge in [-0.2, -0.15) is 0 Å². The molecule has 0 radical (unpaired) electrons. The van der Waals surface area contributed by atoms with Crippen molar-refractivity contribution in [3.05, 3.63) is 24.4 Å². The molecule has 0 aromatic carbocycles. The molecule has 0 amide bonds. The van der Waals surface area contributed by atoms with E-state index in [2.05, 4.69) is 25.5 Å². The van der Waals surface area contributed by atoms with Crippen molar-refractivity contribution in [3.63, 3.8) is 0 Å². The van der Waals surface area contributed by atoms with E-state index in [1.165, 1.54) is 12.8 Å². The molecule has 3 heterocycles. The Morgan fingerprint density at radius 2 is 2.20 bits per heavy atom. The predicted molar refractivity (Wildman–Crippen MR) is 113 cm³/mol. The fraction of sp³-hybridized carbons (Fsp3) is 0.667. The Labute approximate surface area is 167 Å². The Hall–Kier alpha value is -1.09. The SMILES string of the molecule is CN=C(NCCCCNc1ccccn1)N1CCC2(CCOC2)C1.I. The van der Waals surface area contributed by atoms with Gasteiger partial charge in [-0.1, -0.05) is 6.07 Å². The normalized spacial score (nSPS) is 22.9. The summed E-state index contributed by atoms with van der Waals surface area (Å²) in [6.45, 7) is 5.90. The van der Waals surface area contributed by atoms with Crippen LogP contribution >= 0.6 is 24.0 Å². The van der Waals surface area contributed by atoms with Gasteiger partial charge < -0.3 is 20.3 Å². The van der Waals surface area contributed by atoms with Gasteiger partial charge in [0.2, 0.25) is 0 Å². The predicted octanol–water partition coefficient (Wildman–Crippen LogP) is 2.58. The van der Waals surface area contributed by atoms with Crippen LogP contribution in [0.2, 0.25) is 0 Å². The van der Waals surface area contributed by atoms with Gasteiger partial charge in [-0.3, -0.25) is 4.99 Å². The molecule has 140 valence electrons. The van der Waals surface area contributed by atoms with Crippen LogP contribution in [0, 0.1) is 5.41 Å². The summed E-state index contributed by atoms with van der Waals surface area (Å²) in [4.78, 5) is 11.1. The van der Waals surface area contributed by atoms with Crippen LogP contribution in [-0.4, -0.2) is 62.3 Å². The standard InChI is InChI=1S/C18H29N5O.HI/c1-19-17(23-12-7-18(14-23)8-13-24-15-18)22-11-5-4-10-21-16-6-2-3-9-20-16;/h2-3,6,9H,4-5,7-8,10-15H2,1H3,(H,19,22)(H,20,21);1H. The molecule has 1 atom stereocenters. The third-order valence-electron chi connectivity index (χ3n) is 4.99. The number of ether oxygens (including phenoxy) is 1. The van der Waals surface area contributed by atoms with Crippen LogP contribution in [0.3, 0.4) is 0 Å². The van der Waals surface area contributed by atoms with Crippen LogP contribution in [0.5, 0.6) is 0 Å². The van der Waals surface area contributed by atoms with E-state index in [1.54, 1.807) is 0 Å². The van der Waals surface area contributed by atoms with Crippen LogP contribution in [-0.2, 0) is 4.74 Å². The second kappa shape index (κ2) is 10.2. The zero-order chi connectivity index (χ0) is 16.7. The molecule has 1 unspecified atom stereocenters. The third kappa shape index (κ3) is 5.70. The van der Waals surface area contributed by atoms with Crippen LogP contribution in [0.25, 0.3) is 0 Å². The summed E-state index contributed by atoms with van der Waals surface area (Å²) in [5, 5.41) is 6.85. The van der Waals surface area contributed by atoms with Gasteiger partial charge in [0.1, 0.15) is 5.82 Å². The van der Waals surface area contributed by atoms with Crippen molar-refractivity contribution in [3.8, 4) is 0 Å². The summed E-state index contributed by atoms with van der Waals surface area (Å²) in [6, 6.07) is 5.93. The number of anilines is 1. The molecule has 2 aliphatic rings. The van der Waals surface area contributed by atoms with Gasteiger partial charge in [-0.05, 0) is 37.8 Å². The van der Waals surface area contributed by atoms with Crippen molar-refractivity contribution in [1.82, 2.24) is 15.2 Å². The number of nitrogens with one attached hydrogen (secondary N) is 2. The Morgan fingerprint density at radius 1 is 1.32 bits per heavy atom. The van der Waals surface area contributed by atoms with Crippen molar-refractivity contribution in [2.24, 2.45) is 10.4 Å². The number of hydrogen-bond acceptors (Lipinski definition) is 4. The van der Waals surface area contributed by atoms with Crippen molar-refractivity contribution in [2.45, 2.75) is 25.7 Å².